The minimum absolute atomic E-state index is 0.197. The Bertz CT molecular complexity index is 501. The summed E-state index contributed by atoms with van der Waals surface area (Å²) in [4.78, 5) is 25.2. The van der Waals surface area contributed by atoms with E-state index in [1.165, 1.54) is 4.90 Å². The molecule has 0 atom stereocenters. The van der Waals surface area contributed by atoms with Gasteiger partial charge < -0.3 is 10.0 Å². The van der Waals surface area contributed by atoms with E-state index >= 15 is 0 Å². The first-order chi connectivity index (χ1) is 9.15. The van der Waals surface area contributed by atoms with Crippen LogP contribution in [0, 0.1) is 0 Å². The molecule has 0 unspecified atom stereocenters. The van der Waals surface area contributed by atoms with Crippen molar-refractivity contribution in [3.05, 3.63) is 28.8 Å². The number of rotatable bonds is 6. The molecule has 1 aliphatic heterocycles. The highest BCUT2D eigenvalue weighted by Gasteiger charge is 2.35. The zero-order valence-corrected chi connectivity index (χ0v) is 11.3. The maximum absolute atomic E-state index is 11.9. The summed E-state index contributed by atoms with van der Waals surface area (Å²) in [6.45, 7) is 0.729. The molecular formula is C14H16ClNO3. The molecule has 102 valence electrons. The van der Waals surface area contributed by atoms with E-state index in [4.69, 9.17) is 16.7 Å². The number of amides is 1. The van der Waals surface area contributed by atoms with Crippen molar-refractivity contribution in [3.63, 3.8) is 0 Å². The summed E-state index contributed by atoms with van der Waals surface area (Å²) in [7, 11) is 0. The standard InChI is InChI=1S/C14H16ClNO3/c15-10-5-6-12-11(9-10)13(18)14(19)16(12)7-3-1-2-4-8-17/h5-6,9,17H,1-4,7-8H2. The average molecular weight is 282 g/mol. The van der Waals surface area contributed by atoms with Crippen LogP contribution >= 0.6 is 11.6 Å². The molecule has 0 spiro atoms. The number of hydrogen-bond acceptors (Lipinski definition) is 3. The molecular weight excluding hydrogens is 266 g/mol. The van der Waals surface area contributed by atoms with Gasteiger partial charge in [0.05, 0.1) is 11.3 Å². The van der Waals surface area contributed by atoms with E-state index in [2.05, 4.69) is 0 Å². The summed E-state index contributed by atoms with van der Waals surface area (Å²) >= 11 is 5.84. The predicted octanol–water partition coefficient (Wildman–Crippen LogP) is 2.42. The van der Waals surface area contributed by atoms with Gasteiger partial charge in [-0.15, -0.1) is 0 Å². The largest absolute Gasteiger partial charge is 0.396 e. The number of aliphatic hydroxyl groups is 1. The van der Waals surface area contributed by atoms with Crippen LogP contribution < -0.4 is 4.90 Å². The third kappa shape index (κ3) is 2.96. The number of anilines is 1. The van der Waals surface area contributed by atoms with Crippen molar-refractivity contribution in [3.8, 4) is 0 Å². The fraction of sp³-hybridized carbons (Fsp3) is 0.429. The number of fused-ring (bicyclic) bond motifs is 1. The van der Waals surface area contributed by atoms with Gasteiger partial charge in [0.25, 0.3) is 11.7 Å². The van der Waals surface area contributed by atoms with E-state index < -0.39 is 11.7 Å². The van der Waals surface area contributed by atoms with Crippen molar-refractivity contribution < 1.29 is 14.7 Å². The molecule has 0 radical (unpaired) electrons. The Kier molecular flexibility index (Phi) is 4.56. The lowest BCUT2D eigenvalue weighted by Crippen LogP contribution is -2.30. The lowest BCUT2D eigenvalue weighted by atomic mass is 10.1. The highest BCUT2D eigenvalue weighted by atomic mass is 35.5. The maximum Gasteiger partial charge on any atom is 0.299 e. The van der Waals surface area contributed by atoms with Gasteiger partial charge in [0.1, 0.15) is 0 Å². The number of aliphatic hydroxyl groups excluding tert-OH is 1. The summed E-state index contributed by atoms with van der Waals surface area (Å²) in [6.07, 6.45) is 3.46. The third-order valence-electron chi connectivity index (χ3n) is 3.22. The van der Waals surface area contributed by atoms with Gasteiger partial charge in [0.2, 0.25) is 0 Å². The number of nitrogens with zero attached hydrogens (tertiary/aromatic N) is 1. The normalized spacial score (nSPS) is 14.1. The molecule has 0 saturated carbocycles. The highest BCUT2D eigenvalue weighted by Crippen LogP contribution is 2.31. The van der Waals surface area contributed by atoms with Crippen LogP contribution in [-0.2, 0) is 4.79 Å². The van der Waals surface area contributed by atoms with Gasteiger partial charge in [-0.1, -0.05) is 24.4 Å². The number of halogens is 1. The number of hydrogen-bond donors (Lipinski definition) is 1. The fourth-order valence-corrected chi connectivity index (χ4v) is 2.40. The van der Waals surface area contributed by atoms with E-state index in [1.54, 1.807) is 18.2 Å². The Labute approximate surface area is 117 Å². The highest BCUT2D eigenvalue weighted by molar-refractivity contribution is 6.52. The van der Waals surface area contributed by atoms with Crippen molar-refractivity contribution in [2.75, 3.05) is 18.1 Å². The van der Waals surface area contributed by atoms with Gasteiger partial charge in [0.15, 0.2) is 0 Å². The first-order valence-electron chi connectivity index (χ1n) is 6.41. The number of ketones is 1. The molecule has 0 aliphatic carbocycles. The maximum atomic E-state index is 11.9. The molecule has 1 N–H and O–H groups in total. The van der Waals surface area contributed by atoms with Gasteiger partial charge in [-0.2, -0.15) is 0 Å². The lowest BCUT2D eigenvalue weighted by molar-refractivity contribution is -0.114. The van der Waals surface area contributed by atoms with Crippen molar-refractivity contribution in [2.45, 2.75) is 25.7 Å². The van der Waals surface area contributed by atoms with Gasteiger partial charge in [-0.25, -0.2) is 0 Å². The number of benzene rings is 1. The van der Waals surface area contributed by atoms with Crippen LogP contribution in [0.15, 0.2) is 18.2 Å². The Hall–Kier alpha value is -1.39. The van der Waals surface area contributed by atoms with Gasteiger partial charge in [-0.3, -0.25) is 9.59 Å². The molecule has 1 amide bonds. The predicted molar refractivity (Wildman–Crippen MR) is 73.7 cm³/mol. The van der Waals surface area contributed by atoms with E-state index in [0.717, 1.165) is 25.7 Å². The summed E-state index contributed by atoms with van der Waals surface area (Å²) in [6, 6.07) is 4.95. The van der Waals surface area contributed by atoms with Crippen LogP contribution in [0.4, 0.5) is 5.69 Å². The molecule has 19 heavy (non-hydrogen) atoms. The molecule has 0 fully saturated rings. The van der Waals surface area contributed by atoms with Crippen molar-refractivity contribution in [1.82, 2.24) is 0 Å². The average Bonchev–Trinajstić information content (AvgIpc) is 2.63. The topological polar surface area (TPSA) is 57.6 Å². The van der Waals surface area contributed by atoms with Crippen LogP contribution in [0.2, 0.25) is 5.02 Å². The first kappa shape index (κ1) is 14.0. The van der Waals surface area contributed by atoms with Crippen LogP contribution in [0.3, 0.4) is 0 Å². The summed E-state index contributed by atoms with van der Waals surface area (Å²) < 4.78 is 0. The lowest BCUT2D eigenvalue weighted by Gasteiger charge is -2.16. The second kappa shape index (κ2) is 6.17. The summed E-state index contributed by atoms with van der Waals surface area (Å²) in [5, 5.41) is 9.15. The number of unbranched alkanes of at least 4 members (excludes halogenated alkanes) is 3. The van der Waals surface area contributed by atoms with Crippen LogP contribution in [0.25, 0.3) is 0 Å². The summed E-state index contributed by atoms with van der Waals surface area (Å²) in [5.41, 5.74) is 1.05. The second-order valence-electron chi connectivity index (χ2n) is 4.59. The van der Waals surface area contributed by atoms with Crippen LogP contribution in [-0.4, -0.2) is 29.9 Å². The molecule has 4 nitrogen and oxygen atoms in total. The molecule has 1 aliphatic rings. The van der Waals surface area contributed by atoms with Crippen molar-refractivity contribution in [1.29, 1.82) is 0 Å². The molecule has 1 heterocycles. The van der Waals surface area contributed by atoms with E-state index in [9.17, 15) is 9.59 Å². The first-order valence-corrected chi connectivity index (χ1v) is 6.79. The molecule has 1 aromatic carbocycles. The molecule has 1 aromatic rings. The Morgan fingerprint density at radius 1 is 1.11 bits per heavy atom. The summed E-state index contributed by atoms with van der Waals surface area (Å²) in [5.74, 6) is -0.952. The van der Waals surface area contributed by atoms with Crippen molar-refractivity contribution in [2.24, 2.45) is 0 Å². The number of carbonyl (C=O) groups excluding carboxylic acids is 2. The quantitative estimate of drug-likeness (QED) is 0.643. The Morgan fingerprint density at radius 2 is 1.84 bits per heavy atom. The monoisotopic (exact) mass is 281 g/mol. The SMILES string of the molecule is O=C1C(=O)N(CCCCCCO)c2ccc(Cl)cc21. The minimum atomic E-state index is -0.479. The molecule has 0 bridgehead atoms. The van der Waals surface area contributed by atoms with Gasteiger partial charge in [0, 0.05) is 18.2 Å². The fourth-order valence-electron chi connectivity index (χ4n) is 2.23. The Balaban J connectivity index is 2.02. The molecule has 5 heteroatoms. The number of carbonyl (C=O) groups is 2. The molecule has 0 aromatic heterocycles. The zero-order valence-electron chi connectivity index (χ0n) is 10.6. The van der Waals surface area contributed by atoms with E-state index in [-0.39, 0.29) is 6.61 Å². The minimum Gasteiger partial charge on any atom is -0.396 e. The zero-order chi connectivity index (χ0) is 13.8. The molecule has 0 saturated heterocycles. The van der Waals surface area contributed by atoms with Gasteiger partial charge >= 0.3 is 0 Å². The van der Waals surface area contributed by atoms with Crippen LogP contribution in [0.5, 0.6) is 0 Å². The smallest absolute Gasteiger partial charge is 0.299 e. The van der Waals surface area contributed by atoms with E-state index in [1.807, 2.05) is 0 Å². The third-order valence-corrected chi connectivity index (χ3v) is 3.46. The number of Topliss-reactive ketones (excluding diaryl/α,β-unsaturated/α-hetero) is 1. The van der Waals surface area contributed by atoms with E-state index in [0.29, 0.717) is 22.8 Å². The second-order valence-corrected chi connectivity index (χ2v) is 5.02. The van der Waals surface area contributed by atoms with Gasteiger partial charge in [-0.05, 0) is 31.0 Å². The Morgan fingerprint density at radius 3 is 2.58 bits per heavy atom. The molecule has 2 rings (SSSR count). The van der Waals surface area contributed by atoms with Crippen LogP contribution in [0.1, 0.15) is 36.0 Å². The van der Waals surface area contributed by atoms with Crippen molar-refractivity contribution >= 4 is 29.0 Å².